The molecule has 1 amide bonds. The predicted molar refractivity (Wildman–Crippen MR) is 165 cm³/mol. The Morgan fingerprint density at radius 2 is 1.50 bits per heavy atom. The van der Waals surface area contributed by atoms with Crippen LogP contribution in [0.5, 0.6) is 11.5 Å². The first-order valence-corrected chi connectivity index (χ1v) is 15.7. The maximum atomic E-state index is 13.9. The molecule has 3 aromatic rings. The third-order valence-corrected chi connectivity index (χ3v) is 9.84. The molecule has 2 aromatic carbocycles. The summed E-state index contributed by atoms with van der Waals surface area (Å²) in [6.45, 7) is 11.7. The van der Waals surface area contributed by atoms with Crippen LogP contribution in [0.25, 0.3) is 10.2 Å². The molecule has 40 heavy (non-hydrogen) atoms. The molecule has 0 unspecified atom stereocenters. The monoisotopic (exact) mass is 612 g/mol. The molecular weight excluding hydrogens is 572 g/mol. The molecule has 0 saturated carbocycles. The number of fused-ring (bicyclic) bond motifs is 1. The number of sulfonamides is 1. The van der Waals surface area contributed by atoms with Crippen LogP contribution in [0.4, 0.5) is 5.13 Å². The number of aromatic nitrogens is 1. The first kappa shape index (κ1) is 33.8. The highest BCUT2D eigenvalue weighted by Gasteiger charge is 2.26. The topological polar surface area (TPSA) is 92.3 Å². The van der Waals surface area contributed by atoms with E-state index in [1.807, 2.05) is 19.9 Å². The standard InChI is InChI=1S/C28H40N4O5S2.ClH/c1-7-11-18-31(10-4)39(34,35)22-14-12-21(13-15-22)27(33)32(20-19-30(8-2)9-3)28-29-25-23(36-5)16-17-24(37-6)26(25)38-28;/h12-17H,7-11,18-20H2,1-6H3;1H. The first-order chi connectivity index (χ1) is 18.7. The van der Waals surface area contributed by atoms with Gasteiger partial charge in [-0.05, 0) is 55.9 Å². The van der Waals surface area contributed by atoms with Crippen molar-refractivity contribution >= 4 is 55.0 Å². The minimum absolute atomic E-state index is 0. The Morgan fingerprint density at radius 3 is 2.05 bits per heavy atom. The van der Waals surface area contributed by atoms with Crippen molar-refractivity contribution in [3.63, 3.8) is 0 Å². The highest BCUT2D eigenvalue weighted by atomic mass is 35.5. The van der Waals surface area contributed by atoms with Crippen LogP contribution in [0, 0.1) is 0 Å². The van der Waals surface area contributed by atoms with Gasteiger partial charge >= 0.3 is 0 Å². The van der Waals surface area contributed by atoms with Gasteiger partial charge in [-0.2, -0.15) is 4.31 Å². The maximum Gasteiger partial charge on any atom is 0.260 e. The number of likely N-dealkylation sites (N-methyl/N-ethyl adjacent to an activating group) is 1. The lowest BCUT2D eigenvalue weighted by atomic mass is 10.2. The summed E-state index contributed by atoms with van der Waals surface area (Å²) in [5.41, 5.74) is 1.02. The fraction of sp³-hybridized carbons (Fsp3) is 0.500. The van der Waals surface area contributed by atoms with Crippen LogP contribution in [0.2, 0.25) is 0 Å². The number of hydrogen-bond donors (Lipinski definition) is 0. The number of thiazole rings is 1. The van der Waals surface area contributed by atoms with E-state index in [1.165, 1.54) is 27.8 Å². The van der Waals surface area contributed by atoms with Crippen molar-refractivity contribution in [3.8, 4) is 11.5 Å². The van der Waals surface area contributed by atoms with E-state index in [1.54, 1.807) is 37.3 Å². The predicted octanol–water partition coefficient (Wildman–Crippen LogP) is 5.53. The molecule has 0 aliphatic carbocycles. The number of nitrogens with zero attached hydrogens (tertiary/aromatic N) is 4. The van der Waals surface area contributed by atoms with Gasteiger partial charge in [0.15, 0.2) is 5.13 Å². The molecule has 0 saturated heterocycles. The van der Waals surface area contributed by atoms with Gasteiger partial charge in [-0.3, -0.25) is 9.69 Å². The third-order valence-electron chi connectivity index (χ3n) is 6.76. The summed E-state index contributed by atoms with van der Waals surface area (Å²) in [7, 11) is -0.452. The minimum atomic E-state index is -3.64. The largest absolute Gasteiger partial charge is 0.495 e. The zero-order chi connectivity index (χ0) is 28.6. The van der Waals surface area contributed by atoms with Crippen LogP contribution in [0.15, 0.2) is 41.3 Å². The molecule has 12 heteroatoms. The van der Waals surface area contributed by atoms with Crippen molar-refractivity contribution < 1.29 is 22.7 Å². The zero-order valence-corrected chi connectivity index (χ0v) is 26.6. The first-order valence-electron chi connectivity index (χ1n) is 13.4. The molecule has 0 bridgehead atoms. The molecule has 1 heterocycles. The molecule has 0 aliphatic heterocycles. The highest BCUT2D eigenvalue weighted by Crippen LogP contribution is 2.40. The van der Waals surface area contributed by atoms with Crippen molar-refractivity contribution in [2.75, 3.05) is 58.4 Å². The molecule has 222 valence electrons. The van der Waals surface area contributed by atoms with Gasteiger partial charge in [-0.15, -0.1) is 12.4 Å². The Morgan fingerprint density at radius 1 is 0.875 bits per heavy atom. The smallest absolute Gasteiger partial charge is 0.260 e. The van der Waals surface area contributed by atoms with Crippen LogP contribution in [0.1, 0.15) is 50.9 Å². The van der Waals surface area contributed by atoms with Crippen molar-refractivity contribution in [1.29, 1.82) is 0 Å². The number of benzene rings is 2. The second-order valence-corrected chi connectivity index (χ2v) is 11.9. The van der Waals surface area contributed by atoms with Gasteiger partial charge in [-0.1, -0.05) is 45.5 Å². The van der Waals surface area contributed by atoms with Crippen LogP contribution < -0.4 is 14.4 Å². The molecule has 0 radical (unpaired) electrons. The van der Waals surface area contributed by atoms with Gasteiger partial charge in [0, 0.05) is 31.7 Å². The Hall–Kier alpha value is -2.44. The number of hydrogen-bond acceptors (Lipinski definition) is 8. The van der Waals surface area contributed by atoms with Crippen molar-refractivity contribution in [3.05, 3.63) is 42.0 Å². The van der Waals surface area contributed by atoms with Gasteiger partial charge in [0.25, 0.3) is 5.91 Å². The zero-order valence-electron chi connectivity index (χ0n) is 24.2. The van der Waals surface area contributed by atoms with Gasteiger partial charge < -0.3 is 14.4 Å². The second kappa shape index (κ2) is 15.5. The maximum absolute atomic E-state index is 13.9. The van der Waals surface area contributed by atoms with Gasteiger partial charge in [0.1, 0.15) is 21.7 Å². The summed E-state index contributed by atoms with van der Waals surface area (Å²) in [5.74, 6) is 1.01. The lowest BCUT2D eigenvalue weighted by Crippen LogP contribution is -2.39. The molecule has 0 atom stereocenters. The van der Waals surface area contributed by atoms with E-state index in [0.717, 1.165) is 30.6 Å². The van der Waals surface area contributed by atoms with E-state index >= 15 is 0 Å². The van der Waals surface area contributed by atoms with Gasteiger partial charge in [0.2, 0.25) is 10.0 Å². The van der Waals surface area contributed by atoms with E-state index < -0.39 is 10.0 Å². The lowest BCUT2D eigenvalue weighted by molar-refractivity contribution is 0.0983. The van der Waals surface area contributed by atoms with Crippen LogP contribution >= 0.6 is 23.7 Å². The van der Waals surface area contributed by atoms with E-state index in [0.29, 0.717) is 53.9 Å². The second-order valence-electron chi connectivity index (χ2n) is 9.00. The van der Waals surface area contributed by atoms with E-state index in [9.17, 15) is 13.2 Å². The van der Waals surface area contributed by atoms with Crippen LogP contribution in [0.3, 0.4) is 0 Å². The van der Waals surface area contributed by atoms with Crippen molar-refractivity contribution in [2.24, 2.45) is 0 Å². The number of ether oxygens (including phenoxy) is 2. The number of rotatable bonds is 15. The SMILES string of the molecule is CCCCN(CC)S(=O)(=O)c1ccc(C(=O)N(CCN(CC)CC)c2nc3c(OC)ccc(OC)c3s2)cc1.Cl. The molecule has 3 rings (SSSR count). The number of unbranched alkanes of at least 4 members (excludes halogenated alkanes) is 1. The molecule has 0 fully saturated rings. The number of halogens is 1. The molecule has 0 aliphatic rings. The summed E-state index contributed by atoms with van der Waals surface area (Å²) in [5, 5.41) is 0.526. The summed E-state index contributed by atoms with van der Waals surface area (Å²) in [6, 6.07) is 9.83. The number of methoxy groups -OCH3 is 2. The average Bonchev–Trinajstić information content (AvgIpc) is 3.40. The number of carbonyl (C=O) groups excluding carboxylic acids is 1. The molecule has 1 aromatic heterocycles. The number of carbonyl (C=O) groups is 1. The number of amides is 1. The molecule has 0 N–H and O–H groups in total. The Balaban J connectivity index is 0.00000560. The quantitative estimate of drug-likeness (QED) is 0.223. The van der Waals surface area contributed by atoms with Gasteiger partial charge in [0.05, 0.1) is 19.1 Å². The Labute approximate surface area is 248 Å². The fourth-order valence-corrected chi connectivity index (χ4v) is 6.90. The van der Waals surface area contributed by atoms with Crippen LogP contribution in [-0.2, 0) is 10.0 Å². The summed E-state index contributed by atoms with van der Waals surface area (Å²) < 4.78 is 39.6. The molecular formula is C28H41ClN4O5S2. The van der Waals surface area contributed by atoms with E-state index in [-0.39, 0.29) is 23.2 Å². The Kier molecular flexibility index (Phi) is 13.1. The van der Waals surface area contributed by atoms with Crippen molar-refractivity contribution in [1.82, 2.24) is 14.2 Å². The summed E-state index contributed by atoms with van der Waals surface area (Å²) in [4.78, 5) is 22.7. The summed E-state index contributed by atoms with van der Waals surface area (Å²) >= 11 is 1.37. The average molecular weight is 613 g/mol. The molecule has 9 nitrogen and oxygen atoms in total. The van der Waals surface area contributed by atoms with E-state index in [2.05, 4.69) is 18.7 Å². The molecule has 0 spiro atoms. The van der Waals surface area contributed by atoms with E-state index in [4.69, 9.17) is 14.5 Å². The normalized spacial score (nSPS) is 11.6. The Bertz CT molecular complexity index is 1300. The summed E-state index contributed by atoms with van der Waals surface area (Å²) in [6.07, 6.45) is 1.70. The van der Waals surface area contributed by atoms with Crippen molar-refractivity contribution in [2.45, 2.75) is 45.4 Å². The lowest BCUT2D eigenvalue weighted by Gasteiger charge is -2.25. The number of anilines is 1. The van der Waals surface area contributed by atoms with Gasteiger partial charge in [-0.25, -0.2) is 13.4 Å². The minimum Gasteiger partial charge on any atom is -0.495 e. The highest BCUT2D eigenvalue weighted by molar-refractivity contribution is 7.89. The third kappa shape index (κ3) is 7.44. The fourth-order valence-electron chi connectivity index (χ4n) is 4.31. The van der Waals surface area contributed by atoms with Crippen LogP contribution in [-0.4, -0.2) is 82.0 Å².